The van der Waals surface area contributed by atoms with Crippen molar-refractivity contribution in [1.29, 1.82) is 0 Å². The van der Waals surface area contributed by atoms with E-state index in [9.17, 15) is 0 Å². The molecular weight excluding hydrogens is 322 g/mol. The lowest BCUT2D eigenvalue weighted by molar-refractivity contribution is 0.284. The van der Waals surface area contributed by atoms with E-state index in [1.165, 1.54) is 0 Å². The van der Waals surface area contributed by atoms with E-state index in [1.807, 2.05) is 26.0 Å². The van der Waals surface area contributed by atoms with Crippen molar-refractivity contribution in [2.45, 2.75) is 20.5 Å². The Morgan fingerprint density at radius 2 is 2.10 bits per heavy atom. The van der Waals surface area contributed by atoms with Gasteiger partial charge >= 0.3 is 0 Å². The summed E-state index contributed by atoms with van der Waals surface area (Å²) in [6.45, 7) is 4.11. The molecule has 0 N–H and O–H groups in total. The lowest BCUT2D eigenvalue weighted by atomic mass is 10.4. The average Bonchev–Trinajstić information content (AvgIpc) is 2.86. The van der Waals surface area contributed by atoms with Crippen LogP contribution in [-0.2, 0) is 6.61 Å². The lowest BCUT2D eigenvalue weighted by Gasteiger charge is -2.01. The van der Waals surface area contributed by atoms with Gasteiger partial charge in [0.25, 0.3) is 0 Å². The van der Waals surface area contributed by atoms with Crippen molar-refractivity contribution in [2.75, 3.05) is 0 Å². The summed E-state index contributed by atoms with van der Waals surface area (Å²) in [5, 5.41) is 4.41. The van der Waals surface area contributed by atoms with Crippen molar-refractivity contribution in [3.05, 3.63) is 46.2 Å². The molecule has 0 atom stereocenters. The van der Waals surface area contributed by atoms with Crippen molar-refractivity contribution >= 4 is 21.6 Å². The van der Waals surface area contributed by atoms with Crippen LogP contribution in [0.3, 0.4) is 0 Å². The molecule has 0 unspecified atom stereocenters. The third-order valence-corrected chi connectivity index (χ3v) is 3.23. The third-order valence-electron chi connectivity index (χ3n) is 2.79. The third kappa shape index (κ3) is 2.49. The second-order valence-corrected chi connectivity index (χ2v) is 5.15. The number of ether oxygens (including phenoxy) is 1. The van der Waals surface area contributed by atoms with Gasteiger partial charge in [-0.2, -0.15) is 0 Å². The molecule has 0 saturated carbocycles. The van der Waals surface area contributed by atoms with Gasteiger partial charge in [-0.05, 0) is 35.8 Å². The van der Waals surface area contributed by atoms with E-state index in [4.69, 9.17) is 4.74 Å². The van der Waals surface area contributed by atoms with E-state index in [1.54, 1.807) is 16.8 Å². The van der Waals surface area contributed by atoms with E-state index in [-0.39, 0.29) is 6.61 Å². The minimum atomic E-state index is 0.268. The van der Waals surface area contributed by atoms with Crippen LogP contribution in [0.1, 0.15) is 17.2 Å². The van der Waals surface area contributed by atoms with Gasteiger partial charge in [0.15, 0.2) is 18.1 Å². The van der Waals surface area contributed by atoms with Gasteiger partial charge in [0.2, 0.25) is 5.88 Å². The molecule has 3 rings (SSSR count). The SMILES string of the molecule is Cc1ncc(C)n2nc(COc3cccc(Br)n3)nc12. The molecule has 0 spiro atoms. The number of fused-ring (bicyclic) bond motifs is 1. The predicted molar refractivity (Wildman–Crippen MR) is 76.5 cm³/mol. The first-order chi connectivity index (χ1) is 9.63. The summed E-state index contributed by atoms with van der Waals surface area (Å²) in [6.07, 6.45) is 1.78. The monoisotopic (exact) mass is 333 g/mol. The quantitative estimate of drug-likeness (QED) is 0.689. The molecule has 0 aliphatic carbocycles. The number of halogens is 1. The van der Waals surface area contributed by atoms with Crippen LogP contribution in [0.15, 0.2) is 29.0 Å². The smallest absolute Gasteiger partial charge is 0.214 e. The molecular formula is C13H12BrN5O. The zero-order valence-corrected chi connectivity index (χ0v) is 12.6. The van der Waals surface area contributed by atoms with Crippen LogP contribution in [0.2, 0.25) is 0 Å². The Kier molecular flexibility index (Phi) is 3.35. The first-order valence-electron chi connectivity index (χ1n) is 6.07. The minimum Gasteiger partial charge on any atom is -0.469 e. The molecule has 7 heteroatoms. The highest BCUT2D eigenvalue weighted by atomic mass is 79.9. The molecule has 20 heavy (non-hydrogen) atoms. The Morgan fingerprint density at radius 1 is 1.25 bits per heavy atom. The van der Waals surface area contributed by atoms with E-state index in [2.05, 4.69) is 36.0 Å². The first kappa shape index (κ1) is 13.0. The normalized spacial score (nSPS) is 10.9. The zero-order valence-electron chi connectivity index (χ0n) is 11.0. The first-order valence-corrected chi connectivity index (χ1v) is 6.86. The van der Waals surface area contributed by atoms with Crippen molar-refractivity contribution in [2.24, 2.45) is 0 Å². The average molecular weight is 334 g/mol. The standard InChI is InChI=1S/C13H12BrN5O/c1-8-6-15-9(2)13-17-11(18-19(8)13)7-20-12-5-3-4-10(14)16-12/h3-6H,7H2,1-2H3. The topological polar surface area (TPSA) is 65.2 Å². The van der Waals surface area contributed by atoms with Crippen molar-refractivity contribution in [3.8, 4) is 5.88 Å². The van der Waals surface area contributed by atoms with Crippen molar-refractivity contribution in [3.63, 3.8) is 0 Å². The van der Waals surface area contributed by atoms with Gasteiger partial charge in [-0.15, -0.1) is 5.10 Å². The Labute approximate surface area is 124 Å². The van der Waals surface area contributed by atoms with E-state index >= 15 is 0 Å². The fourth-order valence-corrected chi connectivity index (χ4v) is 2.13. The molecule has 0 fully saturated rings. The van der Waals surface area contributed by atoms with Crippen LogP contribution in [0.4, 0.5) is 0 Å². The van der Waals surface area contributed by atoms with Crippen LogP contribution in [-0.4, -0.2) is 24.6 Å². The van der Waals surface area contributed by atoms with Crippen molar-refractivity contribution in [1.82, 2.24) is 24.6 Å². The second kappa shape index (κ2) is 5.16. The minimum absolute atomic E-state index is 0.268. The highest BCUT2D eigenvalue weighted by Gasteiger charge is 2.09. The van der Waals surface area contributed by atoms with Gasteiger partial charge in [0, 0.05) is 12.3 Å². The van der Waals surface area contributed by atoms with Crippen LogP contribution in [0.25, 0.3) is 5.65 Å². The molecule has 0 amide bonds. The maximum absolute atomic E-state index is 5.58. The predicted octanol–water partition coefficient (Wildman–Crippen LogP) is 2.48. The Hall–Kier alpha value is -2.02. The van der Waals surface area contributed by atoms with Gasteiger partial charge < -0.3 is 4.74 Å². The van der Waals surface area contributed by atoms with Crippen molar-refractivity contribution < 1.29 is 4.74 Å². The van der Waals surface area contributed by atoms with E-state index < -0.39 is 0 Å². The van der Waals surface area contributed by atoms with Gasteiger partial charge in [0.1, 0.15) is 4.60 Å². The molecule has 3 aromatic rings. The number of hydrogen-bond donors (Lipinski definition) is 0. The summed E-state index contributed by atoms with van der Waals surface area (Å²) in [5.74, 6) is 1.13. The molecule has 0 aliphatic rings. The van der Waals surface area contributed by atoms with Gasteiger partial charge in [-0.3, -0.25) is 4.98 Å². The number of rotatable bonds is 3. The van der Waals surface area contributed by atoms with Crippen LogP contribution in [0, 0.1) is 13.8 Å². The molecule has 3 aromatic heterocycles. The molecule has 0 saturated heterocycles. The zero-order chi connectivity index (χ0) is 14.1. The summed E-state index contributed by atoms with van der Waals surface area (Å²) in [5.41, 5.74) is 2.53. The molecule has 0 aromatic carbocycles. The Morgan fingerprint density at radius 3 is 2.85 bits per heavy atom. The molecule has 0 aliphatic heterocycles. The number of aryl methyl sites for hydroxylation is 2. The number of pyridine rings is 1. The summed E-state index contributed by atoms with van der Waals surface area (Å²) in [6, 6.07) is 5.49. The number of aromatic nitrogens is 5. The molecule has 0 bridgehead atoms. The second-order valence-electron chi connectivity index (χ2n) is 4.34. The van der Waals surface area contributed by atoms with Crippen LogP contribution in [0.5, 0.6) is 5.88 Å². The highest BCUT2D eigenvalue weighted by Crippen LogP contribution is 2.14. The lowest BCUT2D eigenvalue weighted by Crippen LogP contribution is -2.00. The van der Waals surface area contributed by atoms with Gasteiger partial charge in [0.05, 0.1) is 11.4 Å². The van der Waals surface area contributed by atoms with Crippen LogP contribution >= 0.6 is 15.9 Å². The summed E-state index contributed by atoms with van der Waals surface area (Å²) in [4.78, 5) is 12.9. The van der Waals surface area contributed by atoms with E-state index in [0.29, 0.717) is 11.7 Å². The fraction of sp³-hybridized carbons (Fsp3) is 0.231. The highest BCUT2D eigenvalue weighted by molar-refractivity contribution is 9.10. The summed E-state index contributed by atoms with van der Waals surface area (Å²) < 4.78 is 8.09. The maximum atomic E-state index is 5.58. The van der Waals surface area contributed by atoms with Gasteiger partial charge in [-0.1, -0.05) is 6.07 Å². The molecule has 3 heterocycles. The maximum Gasteiger partial charge on any atom is 0.214 e. The van der Waals surface area contributed by atoms with Gasteiger partial charge in [-0.25, -0.2) is 14.5 Å². The molecule has 102 valence electrons. The fourth-order valence-electron chi connectivity index (χ4n) is 1.81. The Balaban J connectivity index is 1.85. The summed E-state index contributed by atoms with van der Waals surface area (Å²) >= 11 is 3.30. The number of nitrogens with zero attached hydrogens (tertiary/aromatic N) is 5. The molecule has 6 nitrogen and oxygen atoms in total. The Bertz CT molecular complexity index is 732. The molecule has 0 radical (unpaired) electrons. The number of hydrogen-bond acceptors (Lipinski definition) is 5. The van der Waals surface area contributed by atoms with Crippen LogP contribution < -0.4 is 4.74 Å². The summed E-state index contributed by atoms with van der Waals surface area (Å²) in [7, 11) is 0. The largest absolute Gasteiger partial charge is 0.469 e. The van der Waals surface area contributed by atoms with E-state index in [0.717, 1.165) is 21.6 Å².